The Morgan fingerprint density at radius 2 is 2.21 bits per heavy atom. The zero-order valence-electron chi connectivity index (χ0n) is 11.4. The first-order valence-electron chi connectivity index (χ1n) is 6.06. The minimum atomic E-state index is -0.0379. The Labute approximate surface area is 112 Å². The van der Waals surface area contributed by atoms with Crippen molar-refractivity contribution in [2.45, 2.75) is 12.5 Å². The maximum atomic E-state index is 5.64. The molecule has 0 fully saturated rings. The van der Waals surface area contributed by atoms with E-state index in [1.165, 1.54) is 4.80 Å². The van der Waals surface area contributed by atoms with E-state index in [4.69, 9.17) is 5.84 Å². The van der Waals surface area contributed by atoms with E-state index < -0.39 is 0 Å². The minimum Gasteiger partial charge on any atom is -0.378 e. The molecule has 0 amide bonds. The van der Waals surface area contributed by atoms with Crippen molar-refractivity contribution in [1.29, 1.82) is 0 Å². The summed E-state index contributed by atoms with van der Waals surface area (Å²) in [5.41, 5.74) is 5.03. The van der Waals surface area contributed by atoms with Crippen LogP contribution < -0.4 is 16.2 Å². The highest BCUT2D eigenvalue weighted by atomic mass is 15.6. The van der Waals surface area contributed by atoms with Crippen molar-refractivity contribution in [3.05, 3.63) is 35.7 Å². The van der Waals surface area contributed by atoms with Crippen molar-refractivity contribution in [2.24, 2.45) is 12.9 Å². The molecule has 0 saturated carbocycles. The van der Waals surface area contributed by atoms with Gasteiger partial charge >= 0.3 is 0 Å². The van der Waals surface area contributed by atoms with Crippen LogP contribution in [0.15, 0.2) is 24.3 Å². The maximum Gasteiger partial charge on any atom is 0.176 e. The summed E-state index contributed by atoms with van der Waals surface area (Å²) in [7, 11) is 5.76. The van der Waals surface area contributed by atoms with Gasteiger partial charge in [0.2, 0.25) is 0 Å². The Kier molecular flexibility index (Phi) is 4.08. The number of nitrogens with two attached hydrogens (primary N) is 1. The molecular weight excluding hydrogens is 242 g/mol. The third kappa shape index (κ3) is 3.27. The first-order valence-corrected chi connectivity index (χ1v) is 6.06. The van der Waals surface area contributed by atoms with Gasteiger partial charge in [-0.1, -0.05) is 12.1 Å². The second-order valence-electron chi connectivity index (χ2n) is 4.61. The largest absolute Gasteiger partial charge is 0.378 e. The Balaban J connectivity index is 2.19. The van der Waals surface area contributed by atoms with E-state index in [1.54, 1.807) is 7.05 Å². The molecule has 0 spiro atoms. The summed E-state index contributed by atoms with van der Waals surface area (Å²) in [5, 5.41) is 12.0. The highest BCUT2D eigenvalue weighted by Crippen LogP contribution is 2.20. The molecule has 0 radical (unpaired) electrons. The number of aryl methyl sites for hydroxylation is 1. The van der Waals surface area contributed by atoms with Crippen molar-refractivity contribution in [1.82, 2.24) is 25.6 Å². The molecule has 3 N–H and O–H groups in total. The quantitative estimate of drug-likeness (QED) is 0.583. The Bertz CT molecular complexity index is 534. The van der Waals surface area contributed by atoms with Crippen LogP contribution in [-0.2, 0) is 13.5 Å². The molecule has 7 heteroatoms. The molecule has 0 aliphatic heterocycles. The molecule has 7 nitrogen and oxygen atoms in total. The number of anilines is 1. The summed E-state index contributed by atoms with van der Waals surface area (Å²) < 4.78 is 0. The van der Waals surface area contributed by atoms with E-state index in [-0.39, 0.29) is 6.04 Å². The van der Waals surface area contributed by atoms with Gasteiger partial charge in [-0.2, -0.15) is 4.80 Å². The van der Waals surface area contributed by atoms with E-state index in [2.05, 4.69) is 37.9 Å². The number of aromatic nitrogens is 4. The molecule has 1 atom stereocenters. The Hall–Kier alpha value is -1.99. The van der Waals surface area contributed by atoms with E-state index in [1.807, 2.05) is 26.2 Å². The second-order valence-corrected chi connectivity index (χ2v) is 4.61. The van der Waals surface area contributed by atoms with Crippen LogP contribution in [0.4, 0.5) is 5.69 Å². The van der Waals surface area contributed by atoms with Gasteiger partial charge in [0, 0.05) is 26.2 Å². The number of tetrazole rings is 1. The van der Waals surface area contributed by atoms with Crippen LogP contribution in [0.25, 0.3) is 0 Å². The SMILES string of the molecule is CN(C)c1cccc(C(Cc2nnn(C)n2)NN)c1. The topological polar surface area (TPSA) is 84.9 Å². The van der Waals surface area contributed by atoms with Crippen LogP contribution in [0, 0.1) is 0 Å². The summed E-state index contributed by atoms with van der Waals surface area (Å²) in [6.07, 6.45) is 0.598. The third-order valence-electron chi connectivity index (χ3n) is 2.93. The average molecular weight is 261 g/mol. The number of hydrogen-bond acceptors (Lipinski definition) is 6. The van der Waals surface area contributed by atoms with Gasteiger partial charge in [0.1, 0.15) is 0 Å². The van der Waals surface area contributed by atoms with Crippen molar-refractivity contribution >= 4 is 5.69 Å². The molecular formula is C12H19N7. The van der Waals surface area contributed by atoms with Crippen molar-refractivity contribution < 1.29 is 0 Å². The Morgan fingerprint density at radius 1 is 1.42 bits per heavy atom. The lowest BCUT2D eigenvalue weighted by Gasteiger charge is -2.18. The number of nitrogens with zero attached hydrogens (tertiary/aromatic N) is 5. The first kappa shape index (κ1) is 13.4. The summed E-state index contributed by atoms with van der Waals surface area (Å²) in [4.78, 5) is 3.50. The fourth-order valence-corrected chi connectivity index (χ4v) is 1.88. The van der Waals surface area contributed by atoms with Gasteiger partial charge in [0.05, 0.1) is 13.1 Å². The van der Waals surface area contributed by atoms with Crippen LogP contribution in [0.1, 0.15) is 17.4 Å². The lowest BCUT2D eigenvalue weighted by atomic mass is 10.0. The van der Waals surface area contributed by atoms with Gasteiger partial charge in [0.15, 0.2) is 5.82 Å². The molecule has 102 valence electrons. The number of benzene rings is 1. The monoisotopic (exact) mass is 261 g/mol. The highest BCUT2D eigenvalue weighted by Gasteiger charge is 2.14. The van der Waals surface area contributed by atoms with E-state index >= 15 is 0 Å². The third-order valence-corrected chi connectivity index (χ3v) is 2.93. The van der Waals surface area contributed by atoms with Gasteiger partial charge < -0.3 is 4.90 Å². The molecule has 0 aliphatic rings. The molecule has 0 bridgehead atoms. The highest BCUT2D eigenvalue weighted by molar-refractivity contribution is 5.47. The number of hydrazine groups is 1. The summed E-state index contributed by atoms with van der Waals surface area (Å²) in [6, 6.07) is 8.16. The number of rotatable bonds is 5. The fraction of sp³-hybridized carbons (Fsp3) is 0.417. The van der Waals surface area contributed by atoms with Gasteiger partial charge in [-0.05, 0) is 22.9 Å². The van der Waals surface area contributed by atoms with Crippen LogP contribution in [-0.4, -0.2) is 34.3 Å². The molecule has 0 aliphatic carbocycles. The molecule has 2 aromatic rings. The number of hydrogen-bond donors (Lipinski definition) is 2. The summed E-state index contributed by atoms with van der Waals surface area (Å²) in [6.45, 7) is 0. The van der Waals surface area contributed by atoms with Crippen LogP contribution in [0.3, 0.4) is 0 Å². The lowest BCUT2D eigenvalue weighted by Crippen LogP contribution is -2.30. The van der Waals surface area contributed by atoms with Gasteiger partial charge in [-0.25, -0.2) is 0 Å². The molecule has 1 unspecified atom stereocenters. The van der Waals surface area contributed by atoms with Crippen LogP contribution in [0.5, 0.6) is 0 Å². The van der Waals surface area contributed by atoms with Gasteiger partial charge in [-0.3, -0.25) is 11.3 Å². The normalized spacial score (nSPS) is 12.4. The predicted molar refractivity (Wildman–Crippen MR) is 73.3 cm³/mol. The van der Waals surface area contributed by atoms with Crippen molar-refractivity contribution in [3.63, 3.8) is 0 Å². The van der Waals surface area contributed by atoms with Crippen molar-refractivity contribution in [2.75, 3.05) is 19.0 Å². The van der Waals surface area contributed by atoms with Crippen LogP contribution in [0.2, 0.25) is 0 Å². The molecule has 1 aromatic heterocycles. The number of nitrogens with one attached hydrogen (secondary N) is 1. The summed E-state index contributed by atoms with van der Waals surface area (Å²) in [5.74, 6) is 6.31. The molecule has 2 rings (SSSR count). The maximum absolute atomic E-state index is 5.64. The molecule has 0 saturated heterocycles. The molecule has 1 heterocycles. The van der Waals surface area contributed by atoms with Gasteiger partial charge in [-0.15, -0.1) is 10.2 Å². The standard InChI is InChI=1S/C12H19N7/c1-18(2)10-6-4-5-9(7-10)11(14-13)8-12-15-17-19(3)16-12/h4-7,11,14H,8,13H2,1-3H3. The predicted octanol–water partition coefficient (Wildman–Crippen LogP) is 0.0232. The second kappa shape index (κ2) is 5.77. The van der Waals surface area contributed by atoms with Crippen LogP contribution >= 0.6 is 0 Å². The Morgan fingerprint density at radius 3 is 2.79 bits per heavy atom. The first-order chi connectivity index (χ1) is 9.10. The smallest absolute Gasteiger partial charge is 0.176 e. The lowest BCUT2D eigenvalue weighted by molar-refractivity contribution is 0.536. The summed E-state index contributed by atoms with van der Waals surface area (Å²) >= 11 is 0. The minimum absolute atomic E-state index is 0.0379. The molecule has 19 heavy (non-hydrogen) atoms. The zero-order valence-corrected chi connectivity index (χ0v) is 11.4. The average Bonchev–Trinajstić information content (AvgIpc) is 2.81. The molecule has 1 aromatic carbocycles. The fourth-order valence-electron chi connectivity index (χ4n) is 1.88. The van der Waals surface area contributed by atoms with Gasteiger partial charge in [0.25, 0.3) is 0 Å². The van der Waals surface area contributed by atoms with Crippen molar-refractivity contribution in [3.8, 4) is 0 Å². The van der Waals surface area contributed by atoms with E-state index in [9.17, 15) is 0 Å². The van der Waals surface area contributed by atoms with E-state index in [0.717, 1.165) is 11.3 Å². The van der Waals surface area contributed by atoms with E-state index in [0.29, 0.717) is 12.2 Å². The zero-order chi connectivity index (χ0) is 13.8.